The minimum atomic E-state index is 0.472. The molecule has 0 radical (unpaired) electrons. The van der Waals surface area contributed by atoms with Crippen molar-refractivity contribution in [2.75, 3.05) is 13.2 Å². The van der Waals surface area contributed by atoms with E-state index in [0.29, 0.717) is 18.1 Å². The molecule has 1 heterocycles. The normalized spacial score (nSPS) is 27.4. The topological polar surface area (TPSA) is 21.3 Å². The summed E-state index contributed by atoms with van der Waals surface area (Å²) in [6.45, 7) is 8.63. The van der Waals surface area contributed by atoms with Crippen LogP contribution in [0, 0.1) is 5.92 Å². The van der Waals surface area contributed by atoms with Crippen molar-refractivity contribution < 1.29 is 4.74 Å². The van der Waals surface area contributed by atoms with Gasteiger partial charge in [0, 0.05) is 19.2 Å². The number of ether oxygens (including phenoxy) is 1. The third-order valence-corrected chi connectivity index (χ3v) is 2.75. The van der Waals surface area contributed by atoms with Gasteiger partial charge in [-0.3, -0.25) is 0 Å². The lowest BCUT2D eigenvalue weighted by molar-refractivity contribution is 0.0469. The fourth-order valence-corrected chi connectivity index (χ4v) is 1.91. The third kappa shape index (κ3) is 4.43. The van der Waals surface area contributed by atoms with Crippen LogP contribution in [0.4, 0.5) is 0 Å². The van der Waals surface area contributed by atoms with E-state index in [-0.39, 0.29) is 0 Å². The molecule has 2 atom stereocenters. The number of rotatable bonds is 6. The molecule has 0 bridgehead atoms. The molecule has 14 heavy (non-hydrogen) atoms. The average Bonchev–Trinajstić information content (AvgIpc) is 2.59. The zero-order chi connectivity index (χ0) is 10.4. The number of unbranched alkanes of at least 4 members (excludes halogenated alkanes) is 1. The lowest BCUT2D eigenvalue weighted by atomic mass is 10.1. The first-order valence-corrected chi connectivity index (χ1v) is 6.07. The Hall–Kier alpha value is -0.0800. The molecule has 2 heteroatoms. The van der Waals surface area contributed by atoms with Crippen LogP contribution in [0.25, 0.3) is 0 Å². The highest BCUT2D eigenvalue weighted by atomic mass is 16.5. The zero-order valence-electron chi connectivity index (χ0n) is 9.88. The molecule has 0 amide bonds. The van der Waals surface area contributed by atoms with Crippen LogP contribution in [-0.2, 0) is 4.74 Å². The quantitative estimate of drug-likeness (QED) is 0.710. The average molecular weight is 199 g/mol. The van der Waals surface area contributed by atoms with Crippen LogP contribution in [0.15, 0.2) is 0 Å². The van der Waals surface area contributed by atoms with E-state index in [0.717, 1.165) is 13.2 Å². The van der Waals surface area contributed by atoms with Gasteiger partial charge in [-0.2, -0.15) is 0 Å². The van der Waals surface area contributed by atoms with Crippen molar-refractivity contribution in [3.05, 3.63) is 0 Å². The van der Waals surface area contributed by atoms with Gasteiger partial charge in [0.25, 0.3) is 0 Å². The van der Waals surface area contributed by atoms with Crippen molar-refractivity contribution in [3.8, 4) is 0 Å². The Kier molecular flexibility index (Phi) is 5.49. The second-order valence-electron chi connectivity index (χ2n) is 4.83. The van der Waals surface area contributed by atoms with Gasteiger partial charge >= 0.3 is 0 Å². The standard InChI is InChI=1S/C12H25NO/c1-4-5-6-11-7-12(8-13-11)14-9-10(2)3/h10-13H,4-9H2,1-3H3/t11-,12-/m0/s1. The summed E-state index contributed by atoms with van der Waals surface area (Å²) in [7, 11) is 0. The van der Waals surface area contributed by atoms with Crippen LogP contribution < -0.4 is 5.32 Å². The van der Waals surface area contributed by atoms with Crippen molar-refractivity contribution >= 4 is 0 Å². The van der Waals surface area contributed by atoms with Gasteiger partial charge in [0.2, 0.25) is 0 Å². The minimum Gasteiger partial charge on any atom is -0.377 e. The Morgan fingerprint density at radius 2 is 2.21 bits per heavy atom. The maximum atomic E-state index is 5.81. The first-order valence-electron chi connectivity index (χ1n) is 6.07. The molecule has 0 spiro atoms. The highest BCUT2D eigenvalue weighted by molar-refractivity contribution is 4.82. The predicted octanol–water partition coefficient (Wildman–Crippen LogP) is 2.58. The van der Waals surface area contributed by atoms with Crippen LogP contribution in [0.3, 0.4) is 0 Å². The Morgan fingerprint density at radius 3 is 2.86 bits per heavy atom. The summed E-state index contributed by atoms with van der Waals surface area (Å²) in [4.78, 5) is 0. The molecule has 1 N–H and O–H groups in total. The highest BCUT2D eigenvalue weighted by Crippen LogP contribution is 2.16. The Labute approximate surface area is 88.4 Å². The van der Waals surface area contributed by atoms with Crippen LogP contribution in [0.5, 0.6) is 0 Å². The third-order valence-electron chi connectivity index (χ3n) is 2.75. The van der Waals surface area contributed by atoms with E-state index in [1.54, 1.807) is 0 Å². The van der Waals surface area contributed by atoms with Gasteiger partial charge in [-0.25, -0.2) is 0 Å². The molecule has 1 saturated heterocycles. The van der Waals surface area contributed by atoms with Gasteiger partial charge in [-0.15, -0.1) is 0 Å². The maximum Gasteiger partial charge on any atom is 0.0714 e. The SMILES string of the molecule is CCCC[C@H]1C[C@H](OCC(C)C)CN1. The molecule has 1 aliphatic rings. The van der Waals surface area contributed by atoms with Gasteiger partial charge in [-0.05, 0) is 18.8 Å². The summed E-state index contributed by atoms with van der Waals surface area (Å²) in [5.41, 5.74) is 0. The molecular formula is C12H25NO. The van der Waals surface area contributed by atoms with Crippen LogP contribution >= 0.6 is 0 Å². The molecule has 84 valence electrons. The molecule has 0 aromatic carbocycles. The van der Waals surface area contributed by atoms with Crippen molar-refractivity contribution in [1.29, 1.82) is 0 Å². The van der Waals surface area contributed by atoms with Crippen molar-refractivity contribution in [3.63, 3.8) is 0 Å². The first kappa shape index (κ1) is 12.0. The maximum absolute atomic E-state index is 5.81. The van der Waals surface area contributed by atoms with Crippen LogP contribution in [-0.4, -0.2) is 25.3 Å². The molecular weight excluding hydrogens is 174 g/mol. The number of nitrogens with one attached hydrogen (secondary N) is 1. The van der Waals surface area contributed by atoms with Gasteiger partial charge in [0.05, 0.1) is 6.10 Å². The first-order chi connectivity index (χ1) is 6.72. The molecule has 0 unspecified atom stereocenters. The van der Waals surface area contributed by atoms with E-state index in [1.807, 2.05) is 0 Å². The summed E-state index contributed by atoms with van der Waals surface area (Å²) in [6.07, 6.45) is 5.65. The molecule has 0 saturated carbocycles. The summed E-state index contributed by atoms with van der Waals surface area (Å²) < 4.78 is 5.81. The largest absolute Gasteiger partial charge is 0.377 e. The van der Waals surface area contributed by atoms with Gasteiger partial charge in [0.1, 0.15) is 0 Å². The lowest BCUT2D eigenvalue weighted by Gasteiger charge is -2.13. The number of hydrogen-bond acceptors (Lipinski definition) is 2. The van der Waals surface area contributed by atoms with E-state index >= 15 is 0 Å². The van der Waals surface area contributed by atoms with E-state index in [2.05, 4.69) is 26.1 Å². The predicted molar refractivity (Wildman–Crippen MR) is 60.5 cm³/mol. The molecule has 1 fully saturated rings. The lowest BCUT2D eigenvalue weighted by Crippen LogP contribution is -2.21. The zero-order valence-corrected chi connectivity index (χ0v) is 9.88. The monoisotopic (exact) mass is 199 g/mol. The Morgan fingerprint density at radius 1 is 1.43 bits per heavy atom. The van der Waals surface area contributed by atoms with E-state index < -0.39 is 0 Å². The van der Waals surface area contributed by atoms with E-state index in [1.165, 1.54) is 25.7 Å². The van der Waals surface area contributed by atoms with Gasteiger partial charge in [0.15, 0.2) is 0 Å². The van der Waals surface area contributed by atoms with Crippen LogP contribution in [0.2, 0.25) is 0 Å². The second kappa shape index (κ2) is 6.41. The molecule has 0 aliphatic carbocycles. The Bertz CT molecular complexity index is 147. The smallest absolute Gasteiger partial charge is 0.0714 e. The van der Waals surface area contributed by atoms with E-state index in [9.17, 15) is 0 Å². The summed E-state index contributed by atoms with van der Waals surface area (Å²) in [5.74, 6) is 0.657. The molecule has 1 rings (SSSR count). The second-order valence-corrected chi connectivity index (χ2v) is 4.83. The summed E-state index contributed by atoms with van der Waals surface area (Å²) in [5, 5.41) is 3.54. The molecule has 0 aromatic heterocycles. The summed E-state index contributed by atoms with van der Waals surface area (Å²) in [6, 6.07) is 0.715. The van der Waals surface area contributed by atoms with E-state index in [4.69, 9.17) is 4.74 Å². The fourth-order valence-electron chi connectivity index (χ4n) is 1.91. The van der Waals surface area contributed by atoms with Crippen LogP contribution in [0.1, 0.15) is 46.5 Å². The summed E-state index contributed by atoms with van der Waals surface area (Å²) >= 11 is 0. The Balaban J connectivity index is 2.08. The fraction of sp³-hybridized carbons (Fsp3) is 1.00. The molecule has 2 nitrogen and oxygen atoms in total. The van der Waals surface area contributed by atoms with Gasteiger partial charge < -0.3 is 10.1 Å². The highest BCUT2D eigenvalue weighted by Gasteiger charge is 2.23. The van der Waals surface area contributed by atoms with Crippen molar-refractivity contribution in [1.82, 2.24) is 5.32 Å². The van der Waals surface area contributed by atoms with Crippen molar-refractivity contribution in [2.45, 2.75) is 58.6 Å². The van der Waals surface area contributed by atoms with Crippen molar-refractivity contribution in [2.24, 2.45) is 5.92 Å². The van der Waals surface area contributed by atoms with Gasteiger partial charge in [-0.1, -0.05) is 33.6 Å². The number of hydrogen-bond donors (Lipinski definition) is 1. The molecule has 1 aliphatic heterocycles. The minimum absolute atomic E-state index is 0.472. The molecule has 0 aromatic rings.